The number of halogens is 2. The van der Waals surface area contributed by atoms with E-state index in [9.17, 15) is 14.0 Å². The van der Waals surface area contributed by atoms with Gasteiger partial charge in [-0.15, -0.1) is 0 Å². The van der Waals surface area contributed by atoms with Crippen molar-refractivity contribution in [3.63, 3.8) is 0 Å². The first kappa shape index (κ1) is 13.7. The summed E-state index contributed by atoms with van der Waals surface area (Å²) in [5.41, 5.74) is -0.578. The van der Waals surface area contributed by atoms with E-state index in [4.69, 9.17) is 0 Å². The summed E-state index contributed by atoms with van der Waals surface area (Å²) < 4.78 is 16.8. The van der Waals surface area contributed by atoms with Gasteiger partial charge in [-0.2, -0.15) is 0 Å². The maximum atomic E-state index is 13.7. The predicted molar refractivity (Wildman–Crippen MR) is 73.8 cm³/mol. The zero-order valence-electron chi connectivity index (χ0n) is 10.3. The lowest BCUT2D eigenvalue weighted by Crippen LogP contribution is -2.39. The Hall–Kier alpha value is -1.69. The van der Waals surface area contributed by atoms with Crippen molar-refractivity contribution >= 4 is 15.9 Å². The Morgan fingerprint density at radius 2 is 2.00 bits per heavy atom. The highest BCUT2D eigenvalue weighted by Crippen LogP contribution is 2.15. The van der Waals surface area contributed by atoms with Gasteiger partial charge < -0.3 is 4.57 Å². The standard InChI is InChI=1S/C13H12BrFN2O2/c1-2-16-6-5-12(18)17(13(16)19)8-9-7-10(14)3-4-11(9)15/h3-7H,2,8H2,1H3. The van der Waals surface area contributed by atoms with Gasteiger partial charge in [0.2, 0.25) is 0 Å². The molecule has 0 unspecified atom stereocenters. The minimum Gasteiger partial charge on any atom is -0.301 e. The van der Waals surface area contributed by atoms with Crippen LogP contribution < -0.4 is 11.2 Å². The van der Waals surface area contributed by atoms with Crippen LogP contribution >= 0.6 is 15.9 Å². The van der Waals surface area contributed by atoms with Gasteiger partial charge in [0.1, 0.15) is 5.82 Å². The van der Waals surface area contributed by atoms with Gasteiger partial charge in [-0.05, 0) is 25.1 Å². The highest BCUT2D eigenvalue weighted by molar-refractivity contribution is 9.10. The normalized spacial score (nSPS) is 10.7. The molecule has 1 aromatic carbocycles. The van der Waals surface area contributed by atoms with E-state index in [-0.39, 0.29) is 6.54 Å². The molecule has 0 radical (unpaired) electrons. The molecule has 100 valence electrons. The molecule has 0 fully saturated rings. The van der Waals surface area contributed by atoms with Gasteiger partial charge in [0.25, 0.3) is 5.56 Å². The second kappa shape index (κ2) is 5.52. The Labute approximate surface area is 117 Å². The minimum atomic E-state index is -0.443. The molecule has 1 heterocycles. The molecular formula is C13H12BrFN2O2. The first-order valence-electron chi connectivity index (χ1n) is 5.77. The number of hydrogen-bond donors (Lipinski definition) is 0. The maximum Gasteiger partial charge on any atom is 0.331 e. The summed E-state index contributed by atoms with van der Waals surface area (Å²) in [6.45, 7) is 2.18. The van der Waals surface area contributed by atoms with Crippen molar-refractivity contribution in [1.29, 1.82) is 0 Å². The lowest BCUT2D eigenvalue weighted by Gasteiger charge is -2.09. The second-order valence-electron chi connectivity index (χ2n) is 4.04. The number of benzene rings is 1. The second-order valence-corrected chi connectivity index (χ2v) is 4.96. The third-order valence-electron chi connectivity index (χ3n) is 2.82. The van der Waals surface area contributed by atoms with E-state index in [0.717, 1.165) is 4.57 Å². The fourth-order valence-electron chi connectivity index (χ4n) is 1.78. The zero-order valence-corrected chi connectivity index (χ0v) is 11.9. The number of rotatable bonds is 3. The van der Waals surface area contributed by atoms with Crippen LogP contribution in [0.1, 0.15) is 12.5 Å². The summed E-state index contributed by atoms with van der Waals surface area (Å²) in [4.78, 5) is 23.7. The molecule has 0 amide bonds. The van der Waals surface area contributed by atoms with E-state index in [2.05, 4.69) is 15.9 Å². The average Bonchev–Trinajstić information content (AvgIpc) is 2.38. The molecule has 0 spiro atoms. The summed E-state index contributed by atoms with van der Waals surface area (Å²) in [7, 11) is 0. The van der Waals surface area contributed by atoms with E-state index in [0.29, 0.717) is 16.6 Å². The Bertz CT molecular complexity index is 721. The molecule has 2 rings (SSSR count). The zero-order chi connectivity index (χ0) is 14.0. The average molecular weight is 327 g/mol. The number of aromatic nitrogens is 2. The molecule has 4 nitrogen and oxygen atoms in total. The number of nitrogens with zero attached hydrogens (tertiary/aromatic N) is 2. The number of aryl methyl sites for hydroxylation is 1. The van der Waals surface area contributed by atoms with E-state index in [1.54, 1.807) is 19.1 Å². The molecule has 0 aliphatic heterocycles. The molecule has 0 saturated heterocycles. The molecular weight excluding hydrogens is 315 g/mol. The van der Waals surface area contributed by atoms with Crippen LogP contribution in [0.2, 0.25) is 0 Å². The Morgan fingerprint density at radius 1 is 1.26 bits per heavy atom. The van der Waals surface area contributed by atoms with Crippen molar-refractivity contribution in [2.75, 3.05) is 0 Å². The maximum absolute atomic E-state index is 13.7. The van der Waals surface area contributed by atoms with Crippen LogP contribution in [0.4, 0.5) is 4.39 Å². The first-order chi connectivity index (χ1) is 9.02. The predicted octanol–water partition coefficient (Wildman–Crippen LogP) is 1.98. The first-order valence-corrected chi connectivity index (χ1v) is 6.56. The highest BCUT2D eigenvalue weighted by atomic mass is 79.9. The molecule has 0 atom stereocenters. The van der Waals surface area contributed by atoms with Gasteiger partial charge in [0.05, 0.1) is 6.54 Å². The van der Waals surface area contributed by atoms with Gasteiger partial charge in [-0.25, -0.2) is 9.18 Å². The molecule has 1 aromatic heterocycles. The summed E-state index contributed by atoms with van der Waals surface area (Å²) in [6, 6.07) is 5.73. The van der Waals surface area contributed by atoms with E-state index >= 15 is 0 Å². The Kier molecular flexibility index (Phi) is 3.99. The Balaban J connectivity index is 2.52. The third kappa shape index (κ3) is 2.84. The summed E-state index contributed by atoms with van der Waals surface area (Å²) in [5.74, 6) is -0.443. The van der Waals surface area contributed by atoms with Crippen molar-refractivity contribution in [3.05, 3.63) is 67.2 Å². The van der Waals surface area contributed by atoms with Crippen molar-refractivity contribution in [2.24, 2.45) is 0 Å². The number of hydrogen-bond acceptors (Lipinski definition) is 2. The molecule has 0 bridgehead atoms. The van der Waals surface area contributed by atoms with Crippen LogP contribution in [0, 0.1) is 5.82 Å². The fraction of sp³-hybridized carbons (Fsp3) is 0.231. The van der Waals surface area contributed by atoms with Crippen LogP contribution in [0.25, 0.3) is 0 Å². The molecule has 19 heavy (non-hydrogen) atoms. The molecule has 0 aliphatic carbocycles. The highest BCUT2D eigenvalue weighted by Gasteiger charge is 2.09. The molecule has 2 aromatic rings. The molecule has 0 saturated carbocycles. The quantitative estimate of drug-likeness (QED) is 0.865. The van der Waals surface area contributed by atoms with Crippen LogP contribution in [0.5, 0.6) is 0 Å². The summed E-state index contributed by atoms with van der Waals surface area (Å²) in [5, 5.41) is 0. The van der Waals surface area contributed by atoms with E-state index < -0.39 is 17.1 Å². The lowest BCUT2D eigenvalue weighted by atomic mass is 10.2. The van der Waals surface area contributed by atoms with Crippen LogP contribution in [0.3, 0.4) is 0 Å². The van der Waals surface area contributed by atoms with Crippen molar-refractivity contribution in [3.8, 4) is 0 Å². The smallest absolute Gasteiger partial charge is 0.301 e. The van der Waals surface area contributed by atoms with Crippen LogP contribution in [0.15, 0.2) is 44.5 Å². The topological polar surface area (TPSA) is 44.0 Å². The molecule has 0 N–H and O–H groups in total. The van der Waals surface area contributed by atoms with Gasteiger partial charge in [0.15, 0.2) is 0 Å². The van der Waals surface area contributed by atoms with E-state index in [1.807, 2.05) is 0 Å². The molecule has 6 heteroatoms. The SMILES string of the molecule is CCn1ccc(=O)n(Cc2cc(Br)ccc2F)c1=O. The fourth-order valence-corrected chi connectivity index (χ4v) is 2.19. The summed E-state index contributed by atoms with van der Waals surface area (Å²) >= 11 is 3.24. The monoisotopic (exact) mass is 326 g/mol. The van der Waals surface area contributed by atoms with E-state index in [1.165, 1.54) is 22.9 Å². The van der Waals surface area contributed by atoms with Gasteiger partial charge in [-0.1, -0.05) is 15.9 Å². The minimum absolute atomic E-state index is 0.0796. The lowest BCUT2D eigenvalue weighted by molar-refractivity contribution is 0.565. The Morgan fingerprint density at radius 3 is 2.68 bits per heavy atom. The largest absolute Gasteiger partial charge is 0.331 e. The van der Waals surface area contributed by atoms with Crippen molar-refractivity contribution in [1.82, 2.24) is 9.13 Å². The summed E-state index contributed by atoms with van der Waals surface area (Å²) in [6.07, 6.45) is 1.44. The van der Waals surface area contributed by atoms with Gasteiger partial charge in [0, 0.05) is 28.8 Å². The van der Waals surface area contributed by atoms with Crippen molar-refractivity contribution in [2.45, 2.75) is 20.0 Å². The van der Waals surface area contributed by atoms with Gasteiger partial charge in [-0.3, -0.25) is 9.36 Å². The third-order valence-corrected chi connectivity index (χ3v) is 3.31. The van der Waals surface area contributed by atoms with Crippen molar-refractivity contribution < 1.29 is 4.39 Å². The van der Waals surface area contributed by atoms with Gasteiger partial charge >= 0.3 is 5.69 Å². The molecule has 0 aliphatic rings. The van der Waals surface area contributed by atoms with Crippen LogP contribution in [-0.2, 0) is 13.1 Å². The van der Waals surface area contributed by atoms with Crippen LogP contribution in [-0.4, -0.2) is 9.13 Å².